The highest BCUT2D eigenvalue weighted by Crippen LogP contribution is 2.15. The maximum atomic E-state index is 12.1. The van der Waals surface area contributed by atoms with Gasteiger partial charge >= 0.3 is 0 Å². The van der Waals surface area contributed by atoms with Crippen LogP contribution in [-0.2, 0) is 0 Å². The summed E-state index contributed by atoms with van der Waals surface area (Å²) in [7, 11) is 1.77. The van der Waals surface area contributed by atoms with E-state index < -0.39 is 0 Å². The number of halogens is 1. The molecule has 0 atom stereocenters. The molecule has 1 heterocycles. The number of hydrazine groups is 1. The lowest BCUT2D eigenvalue weighted by Gasteiger charge is -2.18. The molecule has 1 aromatic rings. The van der Waals surface area contributed by atoms with Crippen LogP contribution in [-0.4, -0.2) is 29.4 Å². The Balaban J connectivity index is 2.79. The number of hydrogen-bond acceptors (Lipinski definition) is 4. The number of nitrogens with zero attached hydrogens (tertiary/aromatic N) is 2. The van der Waals surface area contributed by atoms with Crippen LogP contribution in [0.3, 0.4) is 0 Å². The summed E-state index contributed by atoms with van der Waals surface area (Å²) in [6.07, 6.45) is 0.961. The van der Waals surface area contributed by atoms with E-state index in [2.05, 4.69) is 24.3 Å². The number of nitrogens with two attached hydrogens (primary N) is 1. The Hall–Kier alpha value is -1.33. The average Bonchev–Trinajstić information content (AvgIpc) is 2.34. The Morgan fingerprint density at radius 2 is 2.22 bits per heavy atom. The molecule has 1 aromatic heterocycles. The number of nitrogens with one attached hydrogen (secondary N) is 1. The zero-order chi connectivity index (χ0) is 13.7. The van der Waals surface area contributed by atoms with Crippen molar-refractivity contribution in [3.05, 3.63) is 22.8 Å². The number of hydrogen-bond donors (Lipinski definition) is 2. The molecular formula is C12H19ClN4O. The molecule has 0 bridgehead atoms. The van der Waals surface area contributed by atoms with E-state index in [1.165, 1.54) is 6.07 Å². The van der Waals surface area contributed by atoms with Gasteiger partial charge in [-0.05, 0) is 24.5 Å². The number of anilines is 1. The number of carbonyl (C=O) groups is 1. The van der Waals surface area contributed by atoms with Gasteiger partial charge in [0.25, 0.3) is 5.91 Å². The fraction of sp³-hybridized carbons (Fsp3) is 0.500. The summed E-state index contributed by atoms with van der Waals surface area (Å²) < 4.78 is 0. The van der Waals surface area contributed by atoms with Gasteiger partial charge in [0.2, 0.25) is 0 Å². The minimum atomic E-state index is -0.0866. The van der Waals surface area contributed by atoms with E-state index in [0.29, 0.717) is 23.8 Å². The lowest BCUT2D eigenvalue weighted by molar-refractivity contribution is 0.0789. The highest BCUT2D eigenvalue weighted by atomic mass is 35.5. The fourth-order valence-corrected chi connectivity index (χ4v) is 1.68. The third kappa shape index (κ3) is 4.16. The molecule has 1 rings (SSSR count). The number of rotatable bonds is 5. The third-order valence-electron chi connectivity index (χ3n) is 2.58. The Kier molecular flexibility index (Phi) is 5.37. The highest BCUT2D eigenvalue weighted by Gasteiger charge is 2.14. The predicted octanol–water partition coefficient (Wildman–Crippen LogP) is 2.14. The maximum absolute atomic E-state index is 12.1. The van der Waals surface area contributed by atoms with Crippen molar-refractivity contribution in [2.75, 3.05) is 19.0 Å². The van der Waals surface area contributed by atoms with Gasteiger partial charge in [-0.2, -0.15) is 0 Å². The van der Waals surface area contributed by atoms with Gasteiger partial charge in [0.1, 0.15) is 11.0 Å². The molecule has 0 fully saturated rings. The van der Waals surface area contributed by atoms with Gasteiger partial charge in [-0.3, -0.25) is 4.79 Å². The van der Waals surface area contributed by atoms with Crippen LogP contribution in [0.5, 0.6) is 0 Å². The van der Waals surface area contributed by atoms with Gasteiger partial charge in [-0.25, -0.2) is 10.8 Å². The van der Waals surface area contributed by atoms with Crippen LogP contribution >= 0.6 is 11.6 Å². The molecule has 0 saturated carbocycles. The zero-order valence-electron chi connectivity index (χ0n) is 10.9. The van der Waals surface area contributed by atoms with Gasteiger partial charge in [-0.1, -0.05) is 25.4 Å². The monoisotopic (exact) mass is 270 g/mol. The smallest absolute Gasteiger partial charge is 0.253 e. The number of nitrogen functional groups attached to an aromatic ring is 1. The van der Waals surface area contributed by atoms with E-state index >= 15 is 0 Å². The van der Waals surface area contributed by atoms with Crippen LogP contribution < -0.4 is 11.3 Å². The van der Waals surface area contributed by atoms with Gasteiger partial charge in [0.05, 0.1) is 0 Å². The molecule has 18 heavy (non-hydrogen) atoms. The second kappa shape index (κ2) is 6.56. The first kappa shape index (κ1) is 14.7. The minimum absolute atomic E-state index is 0.0866. The van der Waals surface area contributed by atoms with Crippen molar-refractivity contribution in [1.29, 1.82) is 0 Å². The standard InChI is InChI=1S/C12H19ClN4O/c1-8(2)4-5-17(3)12(18)9-6-10(13)15-11(7-9)16-14/h6-8H,4-5,14H2,1-3H3,(H,15,16). The highest BCUT2D eigenvalue weighted by molar-refractivity contribution is 6.29. The molecule has 1 amide bonds. The normalized spacial score (nSPS) is 10.6. The molecule has 3 N–H and O–H groups in total. The Bertz CT molecular complexity index is 423. The summed E-state index contributed by atoms with van der Waals surface area (Å²) in [5, 5.41) is 0.242. The number of carbonyl (C=O) groups excluding carboxylic acids is 1. The van der Waals surface area contributed by atoms with E-state index in [1.807, 2.05) is 0 Å². The van der Waals surface area contributed by atoms with E-state index in [-0.39, 0.29) is 11.1 Å². The van der Waals surface area contributed by atoms with E-state index in [1.54, 1.807) is 18.0 Å². The summed E-state index contributed by atoms with van der Waals surface area (Å²) >= 11 is 5.83. The molecule has 0 aliphatic heterocycles. The predicted molar refractivity (Wildman–Crippen MR) is 73.5 cm³/mol. The van der Waals surface area contributed by atoms with Crippen molar-refractivity contribution >= 4 is 23.3 Å². The first-order chi connectivity index (χ1) is 8.43. The molecule has 0 spiro atoms. The van der Waals surface area contributed by atoms with Crippen LogP contribution in [0, 0.1) is 5.92 Å². The molecule has 5 nitrogen and oxygen atoms in total. The van der Waals surface area contributed by atoms with Crippen LogP contribution in [0.25, 0.3) is 0 Å². The van der Waals surface area contributed by atoms with Crippen molar-refractivity contribution in [3.63, 3.8) is 0 Å². The Morgan fingerprint density at radius 3 is 2.78 bits per heavy atom. The maximum Gasteiger partial charge on any atom is 0.253 e. The van der Waals surface area contributed by atoms with E-state index in [9.17, 15) is 4.79 Å². The molecule has 0 saturated heterocycles. The van der Waals surface area contributed by atoms with Crippen molar-refractivity contribution < 1.29 is 4.79 Å². The number of amides is 1. The van der Waals surface area contributed by atoms with Gasteiger partial charge in [0, 0.05) is 19.2 Å². The third-order valence-corrected chi connectivity index (χ3v) is 2.77. The van der Waals surface area contributed by atoms with Crippen LogP contribution in [0.2, 0.25) is 5.15 Å². The SMILES string of the molecule is CC(C)CCN(C)C(=O)c1cc(Cl)nc(NN)c1. The molecule has 6 heteroatoms. The summed E-state index contributed by atoms with van der Waals surface area (Å²) in [6.45, 7) is 4.96. The molecule has 0 radical (unpaired) electrons. The summed E-state index contributed by atoms with van der Waals surface area (Å²) in [5.41, 5.74) is 2.87. The Labute approximate surface area is 112 Å². The van der Waals surface area contributed by atoms with Gasteiger partial charge in [-0.15, -0.1) is 0 Å². The van der Waals surface area contributed by atoms with Crippen molar-refractivity contribution in [2.45, 2.75) is 20.3 Å². The van der Waals surface area contributed by atoms with Crippen LogP contribution in [0.15, 0.2) is 12.1 Å². The molecular weight excluding hydrogens is 252 g/mol. The van der Waals surface area contributed by atoms with Crippen molar-refractivity contribution in [2.24, 2.45) is 11.8 Å². The van der Waals surface area contributed by atoms with Gasteiger partial charge < -0.3 is 10.3 Å². The average molecular weight is 271 g/mol. The lowest BCUT2D eigenvalue weighted by Crippen LogP contribution is -2.28. The molecule has 100 valence electrons. The van der Waals surface area contributed by atoms with Crippen LogP contribution in [0.1, 0.15) is 30.6 Å². The largest absolute Gasteiger partial charge is 0.342 e. The second-order valence-electron chi connectivity index (χ2n) is 4.62. The van der Waals surface area contributed by atoms with Gasteiger partial charge in [0.15, 0.2) is 0 Å². The summed E-state index contributed by atoms with van der Waals surface area (Å²) in [4.78, 5) is 17.7. The molecule has 0 aromatic carbocycles. The lowest BCUT2D eigenvalue weighted by atomic mass is 10.1. The molecule has 0 aliphatic rings. The Morgan fingerprint density at radius 1 is 1.56 bits per heavy atom. The fourth-order valence-electron chi connectivity index (χ4n) is 1.47. The summed E-state index contributed by atoms with van der Waals surface area (Å²) in [6, 6.07) is 3.12. The first-order valence-electron chi connectivity index (χ1n) is 5.83. The molecule has 0 aliphatic carbocycles. The number of aromatic nitrogens is 1. The minimum Gasteiger partial charge on any atom is -0.342 e. The summed E-state index contributed by atoms with van der Waals surface area (Å²) in [5.74, 6) is 6.12. The van der Waals surface area contributed by atoms with E-state index in [0.717, 1.165) is 6.42 Å². The topological polar surface area (TPSA) is 71.2 Å². The molecule has 0 unspecified atom stereocenters. The zero-order valence-corrected chi connectivity index (χ0v) is 11.7. The van der Waals surface area contributed by atoms with Crippen molar-refractivity contribution in [3.8, 4) is 0 Å². The second-order valence-corrected chi connectivity index (χ2v) is 5.00. The first-order valence-corrected chi connectivity index (χ1v) is 6.21. The van der Waals surface area contributed by atoms with Crippen LogP contribution in [0.4, 0.5) is 5.82 Å². The van der Waals surface area contributed by atoms with E-state index in [4.69, 9.17) is 17.4 Å². The number of pyridine rings is 1. The quantitative estimate of drug-likeness (QED) is 0.489. The van der Waals surface area contributed by atoms with Crippen molar-refractivity contribution in [1.82, 2.24) is 9.88 Å².